The lowest BCUT2D eigenvalue weighted by molar-refractivity contribution is -0.119. The Morgan fingerprint density at radius 3 is 2.67 bits per heavy atom. The molecule has 2 aromatic rings. The summed E-state index contributed by atoms with van der Waals surface area (Å²) in [5, 5.41) is 4.23. The van der Waals surface area contributed by atoms with Gasteiger partial charge < -0.3 is 10.2 Å². The number of amides is 1. The first-order valence-electron chi connectivity index (χ1n) is 8.68. The number of fused-ring (bicyclic) bond motifs is 1. The Labute approximate surface area is 162 Å². The van der Waals surface area contributed by atoms with Gasteiger partial charge in [-0.05, 0) is 18.6 Å². The lowest BCUT2D eigenvalue weighted by Gasteiger charge is -2.23. The number of allylic oxidation sites excluding steroid dienone is 2. The van der Waals surface area contributed by atoms with Gasteiger partial charge in [-0.2, -0.15) is 0 Å². The van der Waals surface area contributed by atoms with E-state index in [0.29, 0.717) is 28.3 Å². The topological polar surface area (TPSA) is 75.2 Å². The number of rotatable bonds is 4. The van der Waals surface area contributed by atoms with Crippen LogP contribution >= 0.6 is 11.6 Å². The molecule has 1 N–H and O–H groups in total. The number of dihydropyridines is 1. The van der Waals surface area contributed by atoms with E-state index in [1.807, 2.05) is 26.0 Å². The number of hydrogen-bond donors (Lipinski definition) is 1. The van der Waals surface area contributed by atoms with Crippen molar-refractivity contribution < 1.29 is 9.59 Å². The van der Waals surface area contributed by atoms with Crippen LogP contribution in [0.1, 0.15) is 36.3 Å². The molecule has 0 aliphatic carbocycles. The van der Waals surface area contributed by atoms with Crippen molar-refractivity contribution >= 4 is 39.8 Å². The highest BCUT2D eigenvalue weighted by Crippen LogP contribution is 2.31. The molecule has 3 rings (SSSR count). The molecule has 27 heavy (non-hydrogen) atoms. The zero-order valence-electron chi connectivity index (χ0n) is 15.7. The number of Topliss-reactive ketones (excluding diaryl/α,β-unsaturated/α-hetero) is 1. The minimum atomic E-state index is -0.347. The molecule has 0 bridgehead atoms. The molecular weight excluding hydrogens is 364 g/mol. The lowest BCUT2D eigenvalue weighted by atomic mass is 9.92. The first kappa shape index (κ1) is 19.0. The Kier molecular flexibility index (Phi) is 5.28. The molecule has 2 aromatic heterocycles. The van der Waals surface area contributed by atoms with Gasteiger partial charge in [-0.15, -0.1) is 0 Å². The Hall–Kier alpha value is -2.73. The second-order valence-corrected chi connectivity index (χ2v) is 7.04. The fourth-order valence-corrected chi connectivity index (χ4v) is 3.15. The van der Waals surface area contributed by atoms with Gasteiger partial charge in [0.25, 0.3) is 5.91 Å². The predicted molar refractivity (Wildman–Crippen MR) is 107 cm³/mol. The van der Waals surface area contributed by atoms with Crippen molar-refractivity contribution in [2.24, 2.45) is 0 Å². The van der Waals surface area contributed by atoms with Crippen LogP contribution in [-0.2, 0) is 4.79 Å². The Balaban J connectivity index is 2.15. The smallest absolute Gasteiger partial charge is 0.272 e. The molecule has 0 saturated heterocycles. The largest absolute Gasteiger partial charge is 0.378 e. The van der Waals surface area contributed by atoms with Gasteiger partial charge in [0.15, 0.2) is 5.78 Å². The highest BCUT2D eigenvalue weighted by atomic mass is 35.5. The van der Waals surface area contributed by atoms with Crippen LogP contribution in [0.5, 0.6) is 0 Å². The summed E-state index contributed by atoms with van der Waals surface area (Å²) in [6, 6.07) is 3.18. The van der Waals surface area contributed by atoms with Crippen LogP contribution in [0.3, 0.4) is 0 Å². The van der Waals surface area contributed by atoms with Crippen molar-refractivity contribution in [3.8, 4) is 0 Å². The van der Waals surface area contributed by atoms with Crippen molar-refractivity contribution in [1.82, 2.24) is 20.2 Å². The number of ketones is 1. The Morgan fingerprint density at radius 2 is 2.04 bits per heavy atom. The van der Waals surface area contributed by atoms with Crippen molar-refractivity contribution in [3.05, 3.63) is 52.6 Å². The van der Waals surface area contributed by atoms with Crippen molar-refractivity contribution in [1.29, 1.82) is 0 Å². The van der Waals surface area contributed by atoms with E-state index in [1.54, 1.807) is 32.6 Å². The molecule has 7 heteroatoms. The molecule has 0 aromatic carbocycles. The van der Waals surface area contributed by atoms with Crippen LogP contribution in [-0.4, -0.2) is 46.7 Å². The van der Waals surface area contributed by atoms with Crippen LogP contribution in [0.15, 0.2) is 36.2 Å². The average Bonchev–Trinajstić information content (AvgIpc) is 2.65. The van der Waals surface area contributed by atoms with E-state index in [1.165, 1.54) is 4.90 Å². The van der Waals surface area contributed by atoms with Gasteiger partial charge in [0.05, 0.1) is 5.52 Å². The van der Waals surface area contributed by atoms with Crippen molar-refractivity contribution in [3.63, 3.8) is 0 Å². The minimum absolute atomic E-state index is 0.115. The molecule has 1 aliphatic rings. The highest BCUT2D eigenvalue weighted by Gasteiger charge is 2.24. The summed E-state index contributed by atoms with van der Waals surface area (Å²) in [4.78, 5) is 34.9. The maximum absolute atomic E-state index is 12.8. The van der Waals surface area contributed by atoms with Crippen LogP contribution in [0.4, 0.5) is 0 Å². The molecule has 1 atom stereocenters. The summed E-state index contributed by atoms with van der Waals surface area (Å²) in [5.41, 5.74) is 3.36. The number of nitrogens with zero attached hydrogens (tertiary/aromatic N) is 3. The SMILES string of the molecule is CCC(=O)C1C=C(C)C(c2cc3cnc(Cl)cc3nc2C(=O)N(C)C)=CN1. The molecule has 0 spiro atoms. The van der Waals surface area contributed by atoms with Gasteiger partial charge in [0.1, 0.15) is 16.9 Å². The molecule has 140 valence electrons. The van der Waals surface area contributed by atoms with E-state index >= 15 is 0 Å². The summed E-state index contributed by atoms with van der Waals surface area (Å²) >= 11 is 5.98. The Bertz CT molecular complexity index is 995. The summed E-state index contributed by atoms with van der Waals surface area (Å²) in [7, 11) is 3.37. The molecular formula is C20H21ClN4O2. The van der Waals surface area contributed by atoms with E-state index in [4.69, 9.17) is 11.6 Å². The quantitative estimate of drug-likeness (QED) is 0.819. The molecule has 1 unspecified atom stereocenters. The number of hydrogen-bond acceptors (Lipinski definition) is 5. The maximum atomic E-state index is 12.8. The number of pyridine rings is 2. The number of nitrogens with one attached hydrogen (secondary N) is 1. The van der Waals surface area contributed by atoms with Gasteiger partial charge in [-0.3, -0.25) is 9.59 Å². The van der Waals surface area contributed by atoms with Gasteiger partial charge >= 0.3 is 0 Å². The minimum Gasteiger partial charge on any atom is -0.378 e. The third-order valence-electron chi connectivity index (χ3n) is 4.51. The fraction of sp³-hybridized carbons (Fsp3) is 0.300. The summed E-state index contributed by atoms with van der Waals surface area (Å²) < 4.78 is 0. The summed E-state index contributed by atoms with van der Waals surface area (Å²) in [5.74, 6) is -0.0926. The van der Waals surface area contributed by atoms with E-state index in [-0.39, 0.29) is 17.7 Å². The van der Waals surface area contributed by atoms with Crippen LogP contribution in [0.25, 0.3) is 16.5 Å². The van der Waals surface area contributed by atoms with Gasteiger partial charge in [-0.25, -0.2) is 9.97 Å². The molecule has 1 aliphatic heterocycles. The van der Waals surface area contributed by atoms with E-state index in [9.17, 15) is 9.59 Å². The zero-order valence-corrected chi connectivity index (χ0v) is 16.5. The summed E-state index contributed by atoms with van der Waals surface area (Å²) in [6.07, 6.45) is 5.76. The fourth-order valence-electron chi connectivity index (χ4n) is 2.99. The zero-order chi connectivity index (χ0) is 19.7. The van der Waals surface area contributed by atoms with Gasteiger partial charge in [0.2, 0.25) is 0 Å². The average molecular weight is 385 g/mol. The van der Waals surface area contributed by atoms with Crippen LogP contribution in [0.2, 0.25) is 5.15 Å². The summed E-state index contributed by atoms with van der Waals surface area (Å²) in [6.45, 7) is 3.77. The molecule has 6 nitrogen and oxygen atoms in total. The highest BCUT2D eigenvalue weighted by molar-refractivity contribution is 6.30. The molecule has 0 saturated carbocycles. The molecule has 0 radical (unpaired) electrons. The first-order valence-corrected chi connectivity index (χ1v) is 9.05. The third-order valence-corrected chi connectivity index (χ3v) is 4.72. The van der Waals surface area contributed by atoms with Crippen LogP contribution in [0, 0.1) is 0 Å². The normalized spacial score (nSPS) is 16.4. The number of aromatic nitrogens is 2. The first-order chi connectivity index (χ1) is 12.8. The number of halogens is 1. The second kappa shape index (κ2) is 7.48. The van der Waals surface area contributed by atoms with E-state index in [0.717, 1.165) is 16.5 Å². The number of carbonyl (C=O) groups excluding carboxylic acids is 2. The van der Waals surface area contributed by atoms with E-state index < -0.39 is 0 Å². The standard InChI is InChI=1S/C20H21ClN4O2/c1-5-17(26)16-6-11(2)14(10-22-16)13-7-12-9-23-18(21)8-15(12)24-19(13)20(27)25(3)4/h6-10,16,22H,5H2,1-4H3. The lowest BCUT2D eigenvalue weighted by Crippen LogP contribution is -2.34. The maximum Gasteiger partial charge on any atom is 0.272 e. The van der Waals surface area contributed by atoms with Crippen LogP contribution < -0.4 is 5.32 Å². The van der Waals surface area contributed by atoms with Gasteiger partial charge in [-0.1, -0.05) is 24.6 Å². The number of carbonyl (C=O) groups is 2. The van der Waals surface area contributed by atoms with E-state index in [2.05, 4.69) is 15.3 Å². The molecule has 0 fully saturated rings. The third kappa shape index (κ3) is 3.71. The predicted octanol–water partition coefficient (Wildman–Crippen LogP) is 3.22. The monoisotopic (exact) mass is 384 g/mol. The van der Waals surface area contributed by atoms with Gasteiger partial charge in [0, 0.05) is 55.5 Å². The molecule has 3 heterocycles. The molecule has 1 amide bonds. The Morgan fingerprint density at radius 1 is 1.30 bits per heavy atom. The second-order valence-electron chi connectivity index (χ2n) is 6.66. The van der Waals surface area contributed by atoms with Crippen molar-refractivity contribution in [2.75, 3.05) is 14.1 Å². The van der Waals surface area contributed by atoms with Crippen molar-refractivity contribution in [2.45, 2.75) is 26.3 Å².